The lowest BCUT2D eigenvalue weighted by atomic mass is 9.33. The molecule has 0 aliphatic carbocycles. The minimum absolute atomic E-state index is 0.131. The second kappa shape index (κ2) is 26.1. The molecule has 0 fully saturated rings. The molecule has 2 aromatic heterocycles. The van der Waals surface area contributed by atoms with Crippen molar-refractivity contribution in [3.8, 4) is 78.1 Å². The summed E-state index contributed by atoms with van der Waals surface area (Å²) in [5, 5.41) is 4.59. The topological polar surface area (TPSA) is 16.3 Å². The molecule has 4 nitrogen and oxygen atoms in total. The zero-order valence-electron chi connectivity index (χ0n) is 70.2. The predicted molar refractivity (Wildman–Crippen MR) is 477 cm³/mol. The van der Waals surface area contributed by atoms with Gasteiger partial charge < -0.3 is 18.9 Å². The summed E-state index contributed by atoms with van der Waals surface area (Å²) in [6, 6.07) is 111. The lowest BCUT2D eigenvalue weighted by Crippen LogP contribution is -2.61. The third kappa shape index (κ3) is 11.7. The number of hydrogen-bond acceptors (Lipinski definition) is 2. The molecule has 0 amide bonds. The minimum atomic E-state index is -0.476. The first-order valence-electron chi connectivity index (χ1n) is 41.6. The number of anilines is 6. The Labute approximate surface area is 661 Å². The quantitative estimate of drug-likeness (QED) is 0.127. The van der Waals surface area contributed by atoms with E-state index in [4.69, 9.17) is 1.37 Å². The van der Waals surface area contributed by atoms with Crippen molar-refractivity contribution in [1.82, 2.24) is 9.13 Å². The van der Waals surface area contributed by atoms with Gasteiger partial charge in [0.1, 0.15) is 0 Å². The first-order valence-corrected chi connectivity index (χ1v) is 39.1. The van der Waals surface area contributed by atoms with E-state index < -0.39 is 12.8 Å². The summed E-state index contributed by atoms with van der Waals surface area (Å²) in [4.78, 5) is 5.17. The van der Waals surface area contributed by atoms with Crippen LogP contribution in [0.3, 0.4) is 0 Å². The Hall–Kier alpha value is -12.4. The maximum absolute atomic E-state index is 9.79. The van der Waals surface area contributed by atoms with Gasteiger partial charge in [-0.25, -0.2) is 0 Å². The van der Waals surface area contributed by atoms with Crippen LogP contribution < -0.4 is 26.2 Å². The highest BCUT2D eigenvalue weighted by atomic mass is 15.2. The van der Waals surface area contributed by atoms with Crippen molar-refractivity contribution in [1.29, 1.82) is 0 Å². The van der Waals surface area contributed by atoms with Crippen molar-refractivity contribution >= 4 is 101 Å². The molecule has 0 radical (unpaired) electrons. The summed E-state index contributed by atoms with van der Waals surface area (Å²) in [5.74, 6) is 0. The second-order valence-electron chi connectivity index (χ2n) is 34.6. The zero-order valence-corrected chi connectivity index (χ0v) is 65.2. The molecule has 0 N–H and O–H groups in total. The summed E-state index contributed by atoms with van der Waals surface area (Å²) in [6.45, 7) is 27.3. The summed E-state index contributed by atoms with van der Waals surface area (Å²) in [5.41, 5.74) is 30.3. The van der Waals surface area contributed by atoms with Gasteiger partial charge in [0.2, 0.25) is 0 Å². The third-order valence-corrected chi connectivity index (χ3v) is 23.3. The van der Waals surface area contributed by atoms with Crippen LogP contribution in [0.4, 0.5) is 34.1 Å². The van der Waals surface area contributed by atoms with Gasteiger partial charge in [-0.3, -0.25) is 0 Å². The molecule has 19 rings (SSSR count). The summed E-state index contributed by atoms with van der Waals surface area (Å²) < 4.78 is 52.0. The highest BCUT2D eigenvalue weighted by molar-refractivity contribution is 7.00. The summed E-state index contributed by atoms with van der Waals surface area (Å²) in [6.07, 6.45) is 0. The molecular formula is C106H91BN4. The zero-order chi connectivity index (χ0) is 80.3. The molecule has 538 valence electrons. The maximum atomic E-state index is 9.79. The van der Waals surface area contributed by atoms with Crippen LogP contribution in [0.2, 0.25) is 0 Å². The number of benzene rings is 15. The fourth-order valence-electron chi connectivity index (χ4n) is 17.5. The molecule has 15 aromatic carbocycles. The lowest BCUT2D eigenvalue weighted by molar-refractivity contribution is 0.569. The first kappa shape index (κ1) is 63.5. The number of nitrogens with zero attached hydrogens (tertiary/aromatic N) is 4. The predicted octanol–water partition coefficient (Wildman–Crippen LogP) is 27.2. The number of hydrogen-bond donors (Lipinski definition) is 0. The Balaban J connectivity index is 1.03. The molecule has 17 aromatic rings. The van der Waals surface area contributed by atoms with Crippen molar-refractivity contribution in [3.63, 3.8) is 0 Å². The number of fused-ring (bicyclic) bond motifs is 10. The Bertz CT molecular complexity index is 6640. The molecule has 2 aliphatic heterocycles. The summed E-state index contributed by atoms with van der Waals surface area (Å²) in [7, 11) is 0. The van der Waals surface area contributed by atoms with Gasteiger partial charge >= 0.3 is 0 Å². The maximum Gasteiger partial charge on any atom is 0.252 e. The van der Waals surface area contributed by atoms with Crippen molar-refractivity contribution in [2.75, 3.05) is 9.80 Å². The molecule has 111 heavy (non-hydrogen) atoms. The van der Waals surface area contributed by atoms with Crippen LogP contribution in [0, 0.1) is 0 Å². The van der Waals surface area contributed by atoms with Crippen molar-refractivity contribution < 1.29 is 6.85 Å². The lowest BCUT2D eigenvalue weighted by Gasteiger charge is -2.46. The number of para-hydroxylation sites is 3. The van der Waals surface area contributed by atoms with Crippen LogP contribution in [-0.4, -0.2) is 15.8 Å². The van der Waals surface area contributed by atoms with E-state index in [1.165, 1.54) is 27.5 Å². The average molecular weight is 1440 g/mol. The Morgan fingerprint density at radius 1 is 0.252 bits per heavy atom. The van der Waals surface area contributed by atoms with Crippen LogP contribution >= 0.6 is 0 Å². The van der Waals surface area contributed by atoms with E-state index in [1.54, 1.807) is 0 Å². The summed E-state index contributed by atoms with van der Waals surface area (Å²) >= 11 is 0. The van der Waals surface area contributed by atoms with Crippen LogP contribution in [0.25, 0.3) is 122 Å². The van der Waals surface area contributed by atoms with Gasteiger partial charge in [0.15, 0.2) is 0 Å². The molecule has 0 saturated heterocycles. The molecule has 5 heteroatoms. The van der Waals surface area contributed by atoms with E-state index in [9.17, 15) is 5.48 Å². The Kier molecular flexibility index (Phi) is 15.0. The Morgan fingerprint density at radius 3 is 0.991 bits per heavy atom. The smallest absolute Gasteiger partial charge is 0.252 e. The van der Waals surface area contributed by atoms with E-state index >= 15 is 0 Å². The van der Waals surface area contributed by atoms with Crippen LogP contribution in [0.5, 0.6) is 0 Å². The fraction of sp³-hybridized carbons (Fsp3) is 0.151. The fourth-order valence-corrected chi connectivity index (χ4v) is 17.5. The molecule has 4 heterocycles. The number of rotatable bonds is 10. The highest BCUT2D eigenvalue weighted by Crippen LogP contribution is 2.56. The van der Waals surface area contributed by atoms with Crippen molar-refractivity contribution in [2.24, 2.45) is 0 Å². The molecule has 0 spiro atoms. The molecule has 0 atom stereocenters. The van der Waals surface area contributed by atoms with Crippen LogP contribution in [0.15, 0.2) is 334 Å². The van der Waals surface area contributed by atoms with E-state index in [0.717, 1.165) is 156 Å². The van der Waals surface area contributed by atoms with Crippen LogP contribution in [-0.2, 0) is 21.7 Å². The van der Waals surface area contributed by atoms with E-state index in [1.807, 2.05) is 6.07 Å². The van der Waals surface area contributed by atoms with Crippen molar-refractivity contribution in [2.45, 2.75) is 105 Å². The van der Waals surface area contributed by atoms with Gasteiger partial charge in [-0.1, -0.05) is 332 Å². The second-order valence-corrected chi connectivity index (χ2v) is 34.6. The third-order valence-electron chi connectivity index (χ3n) is 23.3. The molecule has 0 saturated carbocycles. The normalized spacial score (nSPS) is 13.6. The average Bonchev–Trinajstić information content (AvgIpc) is 0.795. The highest BCUT2D eigenvalue weighted by Gasteiger charge is 2.46. The largest absolute Gasteiger partial charge is 0.310 e. The van der Waals surface area contributed by atoms with Crippen LogP contribution in [0.1, 0.15) is 112 Å². The van der Waals surface area contributed by atoms with Gasteiger partial charge in [-0.05, 0) is 190 Å². The molecule has 0 bridgehead atoms. The van der Waals surface area contributed by atoms with Gasteiger partial charge in [0, 0.05) is 72.2 Å². The Morgan fingerprint density at radius 2 is 0.595 bits per heavy atom. The van der Waals surface area contributed by atoms with Gasteiger partial charge in [0.25, 0.3) is 6.71 Å². The standard InChI is InChI=1S/C106H91BN4/c1-103(2,3)76-56-75(57-77(60-76)104(4,5)6)74-51-54-91-97(59-74)111(102-87(71-40-24-16-25-41-71)63-79(106(10,11)12)64-88(102)72-42-26-17-27-43-72)99-67-81(109-94-49-33-30-46-84(94)89-65-80(52-55-95(89)109)108-92-47-31-28-44-82(92)83-45-29-32-48-93(83)108)66-98-100(99)107(91)90-53-50-73(68-34-18-13-19-35-68)58-96(90)110(98)101-85(69-36-20-14-21-37-69)61-78(105(7,8)9)62-86(101)70-38-22-15-23-39-70/h13-67H,1-12H3/i13D,18D,19D,34D,35D. The van der Waals surface area contributed by atoms with E-state index in [-0.39, 0.29) is 51.4 Å². The van der Waals surface area contributed by atoms with E-state index in [2.05, 4.69) is 399 Å². The minimum Gasteiger partial charge on any atom is -0.310 e. The van der Waals surface area contributed by atoms with Gasteiger partial charge in [-0.15, -0.1) is 0 Å². The van der Waals surface area contributed by atoms with E-state index in [0.29, 0.717) is 5.56 Å². The van der Waals surface area contributed by atoms with Crippen molar-refractivity contribution in [3.05, 3.63) is 356 Å². The SMILES string of the molecule is [2H]c1c([2H])c([2H])c(-c2ccc3c(c2)N(c2c(-c4ccccc4)cc(C(C)(C)C)cc2-c2ccccc2)c2cc(-n4c5ccccc5c5cc(-n6c7ccccc7c7ccccc76)ccc54)cc4c2B3c2ccc(-c3cc(C(C)(C)C)cc(C(C)(C)C)c3)cc2N4c2c(-c3ccccc3)cc(C(C)(C)C)cc2-c2ccccc2)c([2H])c1[2H]. The molecule has 0 unspecified atom stereocenters. The number of aromatic nitrogens is 2. The first-order chi connectivity index (χ1) is 55.7. The monoisotopic (exact) mass is 1440 g/mol. The molecular weight excluding hydrogens is 1340 g/mol. The van der Waals surface area contributed by atoms with Gasteiger partial charge in [-0.2, -0.15) is 0 Å². The van der Waals surface area contributed by atoms with Gasteiger partial charge in [0.05, 0.1) is 46.0 Å². The molecule has 2 aliphatic rings.